The Balaban J connectivity index is 2.50. The molecule has 1 aromatic heterocycles. The van der Waals surface area contributed by atoms with Crippen molar-refractivity contribution in [1.82, 2.24) is 9.55 Å². The van der Waals surface area contributed by atoms with Crippen molar-refractivity contribution in [2.75, 3.05) is 0 Å². The molecule has 0 atom stereocenters. The summed E-state index contributed by atoms with van der Waals surface area (Å²) in [5.74, 6) is 0. The smallest absolute Gasteiger partial charge is 0.274 e. The third-order valence-electron chi connectivity index (χ3n) is 2.11. The lowest BCUT2D eigenvalue weighted by atomic mass is 10.3. The van der Waals surface area contributed by atoms with Crippen molar-refractivity contribution in [3.8, 4) is 5.69 Å². The van der Waals surface area contributed by atoms with Gasteiger partial charge < -0.3 is 0 Å². The number of nitrogens with one attached hydrogen (secondary N) is 1. The molecule has 0 bridgehead atoms. The Bertz CT molecular complexity index is 692. The van der Waals surface area contributed by atoms with Crippen LogP contribution in [0.4, 0.5) is 5.69 Å². The number of H-pyrrole nitrogens is 1. The predicted molar refractivity (Wildman–Crippen MR) is 61.5 cm³/mol. The lowest BCUT2D eigenvalue weighted by molar-refractivity contribution is 0.896. The highest BCUT2D eigenvalue weighted by Gasteiger charge is 1.99. The van der Waals surface area contributed by atoms with Crippen LogP contribution in [-0.4, -0.2) is 9.55 Å². The van der Waals surface area contributed by atoms with Crippen LogP contribution in [-0.2, 0) is 0 Å². The minimum atomic E-state index is -0.519. The van der Waals surface area contributed by atoms with Gasteiger partial charge in [-0.05, 0) is 17.7 Å². The van der Waals surface area contributed by atoms with Gasteiger partial charge in [-0.3, -0.25) is 14.3 Å². The molecule has 0 saturated heterocycles. The zero-order valence-corrected chi connectivity index (χ0v) is 8.57. The fourth-order valence-electron chi connectivity index (χ4n) is 1.35. The molecule has 0 aliphatic carbocycles. The molecule has 0 saturated carbocycles. The highest BCUT2D eigenvalue weighted by atomic mass is 16.2. The summed E-state index contributed by atoms with van der Waals surface area (Å²) in [5.41, 5.74) is 8.30. The van der Waals surface area contributed by atoms with Crippen LogP contribution in [0.15, 0.2) is 51.2 Å². The first kappa shape index (κ1) is 10.7. The zero-order chi connectivity index (χ0) is 12.3. The summed E-state index contributed by atoms with van der Waals surface area (Å²) in [6, 6.07) is 7.63. The van der Waals surface area contributed by atoms with Gasteiger partial charge in [-0.2, -0.15) is 0 Å². The topological polar surface area (TPSA) is 104 Å². The monoisotopic (exact) mass is 229 g/mol. The molecule has 0 aliphatic rings. The summed E-state index contributed by atoms with van der Waals surface area (Å²) in [6.45, 7) is 0. The second kappa shape index (κ2) is 4.38. The Morgan fingerprint density at radius 2 is 1.88 bits per heavy atom. The third-order valence-corrected chi connectivity index (χ3v) is 2.11. The molecule has 1 N–H and O–H groups in total. The first-order valence-corrected chi connectivity index (χ1v) is 4.68. The molecular formula is C10H7N5O2. The first-order chi connectivity index (χ1) is 8.20. The number of hydrogen-bond donors (Lipinski definition) is 1. The highest BCUT2D eigenvalue weighted by Crippen LogP contribution is 2.14. The predicted octanol–water partition coefficient (Wildman–Crippen LogP) is 1.47. The van der Waals surface area contributed by atoms with Gasteiger partial charge in [-0.25, -0.2) is 4.79 Å². The number of hydrogen-bond acceptors (Lipinski definition) is 3. The molecule has 84 valence electrons. The maximum absolute atomic E-state index is 11.5. The van der Waals surface area contributed by atoms with E-state index in [9.17, 15) is 9.59 Å². The molecule has 0 aliphatic heterocycles. The Morgan fingerprint density at radius 1 is 1.18 bits per heavy atom. The average Bonchev–Trinajstić information content (AvgIpc) is 2.31. The molecule has 17 heavy (non-hydrogen) atoms. The Morgan fingerprint density at radius 3 is 2.47 bits per heavy atom. The Hall–Kier alpha value is -2.79. The molecule has 0 spiro atoms. The van der Waals surface area contributed by atoms with Crippen molar-refractivity contribution in [1.29, 1.82) is 0 Å². The van der Waals surface area contributed by atoms with E-state index in [1.807, 2.05) is 0 Å². The quantitative estimate of drug-likeness (QED) is 0.478. The maximum atomic E-state index is 11.5. The van der Waals surface area contributed by atoms with Crippen molar-refractivity contribution in [2.45, 2.75) is 0 Å². The van der Waals surface area contributed by atoms with E-state index in [2.05, 4.69) is 15.0 Å². The van der Waals surface area contributed by atoms with E-state index in [1.165, 1.54) is 16.8 Å². The molecule has 2 aromatic rings. The van der Waals surface area contributed by atoms with E-state index in [1.54, 1.807) is 24.3 Å². The van der Waals surface area contributed by atoms with Gasteiger partial charge in [-0.1, -0.05) is 17.2 Å². The van der Waals surface area contributed by atoms with Crippen molar-refractivity contribution in [3.05, 3.63) is 67.8 Å². The molecule has 0 amide bonds. The fraction of sp³-hybridized carbons (Fsp3) is 0. The minimum Gasteiger partial charge on any atom is -0.274 e. The van der Waals surface area contributed by atoms with Gasteiger partial charge in [0.1, 0.15) is 0 Å². The SMILES string of the molecule is [N-]=[N+]=Nc1ccc(-n2ccc(=O)[nH]c2=O)cc1. The highest BCUT2D eigenvalue weighted by molar-refractivity contribution is 5.44. The van der Waals surface area contributed by atoms with Crippen molar-refractivity contribution in [2.24, 2.45) is 5.11 Å². The standard InChI is InChI=1S/C10H7N5O2/c11-14-13-7-1-3-8(4-2-7)15-6-5-9(16)12-10(15)17/h1-6H,(H,12,16,17). The van der Waals surface area contributed by atoms with Crippen LogP contribution in [0.5, 0.6) is 0 Å². The fourth-order valence-corrected chi connectivity index (χ4v) is 1.35. The largest absolute Gasteiger partial charge is 0.332 e. The van der Waals surface area contributed by atoms with E-state index < -0.39 is 11.2 Å². The van der Waals surface area contributed by atoms with Crippen molar-refractivity contribution >= 4 is 5.69 Å². The summed E-state index contributed by atoms with van der Waals surface area (Å²) in [6.07, 6.45) is 1.38. The van der Waals surface area contributed by atoms with Crippen LogP contribution < -0.4 is 11.2 Å². The number of aromatic amines is 1. The molecule has 7 heteroatoms. The van der Waals surface area contributed by atoms with E-state index >= 15 is 0 Å². The zero-order valence-electron chi connectivity index (χ0n) is 8.57. The van der Waals surface area contributed by atoms with Crippen LogP contribution in [0.3, 0.4) is 0 Å². The molecule has 0 unspecified atom stereocenters. The van der Waals surface area contributed by atoms with Crippen LogP contribution in [0.2, 0.25) is 0 Å². The van der Waals surface area contributed by atoms with E-state index in [-0.39, 0.29) is 0 Å². The second-order valence-electron chi connectivity index (χ2n) is 3.19. The number of nitrogens with zero attached hydrogens (tertiary/aromatic N) is 4. The Labute approximate surface area is 94.6 Å². The number of rotatable bonds is 2. The van der Waals surface area contributed by atoms with Crippen LogP contribution in [0.25, 0.3) is 16.1 Å². The summed E-state index contributed by atoms with van der Waals surface area (Å²) in [5, 5.41) is 3.41. The molecule has 0 fully saturated rings. The Kier molecular flexibility index (Phi) is 2.76. The number of azide groups is 1. The average molecular weight is 229 g/mol. The second-order valence-corrected chi connectivity index (χ2v) is 3.19. The lowest BCUT2D eigenvalue weighted by Gasteiger charge is -2.03. The van der Waals surface area contributed by atoms with Gasteiger partial charge in [0, 0.05) is 22.9 Å². The molecule has 2 rings (SSSR count). The molecular weight excluding hydrogens is 222 g/mol. The van der Waals surface area contributed by atoms with Crippen LogP contribution >= 0.6 is 0 Å². The summed E-state index contributed by atoms with van der Waals surface area (Å²) >= 11 is 0. The molecule has 7 nitrogen and oxygen atoms in total. The number of benzene rings is 1. The summed E-state index contributed by atoms with van der Waals surface area (Å²) in [4.78, 5) is 27.2. The normalized spacial score (nSPS) is 9.65. The maximum Gasteiger partial charge on any atom is 0.332 e. The van der Waals surface area contributed by atoms with Gasteiger partial charge in [0.15, 0.2) is 0 Å². The van der Waals surface area contributed by atoms with Gasteiger partial charge in [0.05, 0.1) is 5.69 Å². The van der Waals surface area contributed by atoms with Gasteiger partial charge in [-0.15, -0.1) is 0 Å². The number of aromatic nitrogens is 2. The van der Waals surface area contributed by atoms with Gasteiger partial charge in [0.2, 0.25) is 0 Å². The van der Waals surface area contributed by atoms with E-state index in [0.717, 1.165) is 0 Å². The lowest BCUT2D eigenvalue weighted by Crippen LogP contribution is -2.27. The third kappa shape index (κ3) is 2.24. The van der Waals surface area contributed by atoms with Crippen molar-refractivity contribution in [3.63, 3.8) is 0 Å². The minimum absolute atomic E-state index is 0.447. The molecule has 1 aromatic carbocycles. The molecule has 1 heterocycles. The van der Waals surface area contributed by atoms with Gasteiger partial charge in [0.25, 0.3) is 5.56 Å². The van der Waals surface area contributed by atoms with E-state index in [4.69, 9.17) is 5.53 Å². The summed E-state index contributed by atoms with van der Waals surface area (Å²) < 4.78 is 1.28. The van der Waals surface area contributed by atoms with Crippen molar-refractivity contribution < 1.29 is 0 Å². The van der Waals surface area contributed by atoms with Crippen LogP contribution in [0.1, 0.15) is 0 Å². The van der Waals surface area contributed by atoms with Crippen LogP contribution in [0, 0.1) is 0 Å². The molecule has 0 radical (unpaired) electrons. The van der Waals surface area contributed by atoms with E-state index in [0.29, 0.717) is 11.4 Å². The summed E-state index contributed by atoms with van der Waals surface area (Å²) in [7, 11) is 0. The first-order valence-electron chi connectivity index (χ1n) is 4.68. The van der Waals surface area contributed by atoms with Gasteiger partial charge >= 0.3 is 5.69 Å².